The molecule has 1 unspecified atom stereocenters. The number of carbonyl (C=O) groups excluding carboxylic acids is 1. The molecule has 1 aromatic heterocycles. The van der Waals surface area contributed by atoms with Gasteiger partial charge in [0.2, 0.25) is 5.95 Å². The number of H-pyrrole nitrogens is 1. The molecule has 0 spiro atoms. The third kappa shape index (κ3) is 3.36. The number of nitrogens with zero attached hydrogens (tertiary/aromatic N) is 4. The molecule has 0 fully saturated rings. The Morgan fingerprint density at radius 1 is 1.29 bits per heavy atom. The number of hydrogen-bond donors (Lipinski definition) is 2. The SMILES string of the molecule is CC1(C)CC(=O)C2=C(C1)N(c1ncn[nH]1)C(N)=C(C#N)C2c1ccccc1C(F)(F)F. The van der Waals surface area contributed by atoms with Crippen molar-refractivity contribution in [3.63, 3.8) is 0 Å². The lowest BCUT2D eigenvalue weighted by Crippen LogP contribution is -2.42. The topological polar surface area (TPSA) is 112 Å². The number of aromatic nitrogens is 3. The van der Waals surface area contributed by atoms with Crippen molar-refractivity contribution < 1.29 is 18.0 Å². The van der Waals surface area contributed by atoms with E-state index in [1.54, 1.807) is 0 Å². The van der Waals surface area contributed by atoms with Gasteiger partial charge in [-0.15, -0.1) is 0 Å². The molecule has 2 aromatic rings. The summed E-state index contributed by atoms with van der Waals surface area (Å²) in [4.78, 5) is 18.8. The van der Waals surface area contributed by atoms with Crippen LogP contribution in [0.5, 0.6) is 0 Å². The van der Waals surface area contributed by atoms with Crippen LogP contribution in [0.1, 0.15) is 43.7 Å². The summed E-state index contributed by atoms with van der Waals surface area (Å²) in [5.74, 6) is -1.44. The first kappa shape index (κ1) is 20.7. The minimum absolute atomic E-state index is 0.0783. The normalized spacial score (nSPS) is 21.2. The van der Waals surface area contributed by atoms with E-state index >= 15 is 0 Å². The van der Waals surface area contributed by atoms with Crippen molar-refractivity contribution >= 4 is 11.7 Å². The molecule has 0 saturated heterocycles. The zero-order chi connectivity index (χ0) is 22.6. The number of aromatic amines is 1. The fourth-order valence-corrected chi connectivity index (χ4v) is 4.38. The molecule has 2 heterocycles. The molecule has 1 aliphatic heterocycles. The number of ketones is 1. The Kier molecular flexibility index (Phi) is 4.65. The van der Waals surface area contributed by atoms with Gasteiger partial charge in [0.1, 0.15) is 12.1 Å². The van der Waals surface area contributed by atoms with Crippen LogP contribution in [-0.2, 0) is 11.0 Å². The Hall–Kier alpha value is -3.61. The van der Waals surface area contributed by atoms with Gasteiger partial charge < -0.3 is 5.73 Å². The largest absolute Gasteiger partial charge is 0.416 e. The monoisotopic (exact) mass is 428 g/mol. The zero-order valence-electron chi connectivity index (χ0n) is 16.8. The highest BCUT2D eigenvalue weighted by Crippen LogP contribution is 2.51. The van der Waals surface area contributed by atoms with E-state index in [0.29, 0.717) is 12.1 Å². The van der Waals surface area contributed by atoms with E-state index in [9.17, 15) is 23.2 Å². The molecule has 1 aromatic carbocycles. The molecule has 7 nitrogen and oxygen atoms in total. The predicted molar refractivity (Wildman–Crippen MR) is 105 cm³/mol. The lowest BCUT2D eigenvalue weighted by atomic mass is 9.68. The molecule has 160 valence electrons. The fourth-order valence-electron chi connectivity index (χ4n) is 4.38. The number of carbonyl (C=O) groups is 1. The summed E-state index contributed by atoms with van der Waals surface area (Å²) in [6.07, 6.45) is -2.92. The van der Waals surface area contributed by atoms with Crippen LogP contribution in [0, 0.1) is 16.7 Å². The van der Waals surface area contributed by atoms with Crippen molar-refractivity contribution in [3.05, 3.63) is 64.4 Å². The zero-order valence-corrected chi connectivity index (χ0v) is 16.8. The quantitative estimate of drug-likeness (QED) is 0.753. The minimum Gasteiger partial charge on any atom is -0.384 e. The average Bonchev–Trinajstić information content (AvgIpc) is 3.19. The van der Waals surface area contributed by atoms with E-state index in [1.807, 2.05) is 19.9 Å². The number of Topliss-reactive ketones (excluding diaryl/α,β-unsaturated/α-hetero) is 1. The summed E-state index contributed by atoms with van der Waals surface area (Å²) in [7, 11) is 0. The molecule has 31 heavy (non-hydrogen) atoms. The third-order valence-electron chi connectivity index (χ3n) is 5.57. The van der Waals surface area contributed by atoms with Gasteiger partial charge in [-0.05, 0) is 23.5 Å². The number of nitrogens with two attached hydrogens (primary N) is 1. The van der Waals surface area contributed by atoms with Gasteiger partial charge in [-0.1, -0.05) is 32.0 Å². The number of halogens is 3. The molecule has 2 aliphatic rings. The van der Waals surface area contributed by atoms with Gasteiger partial charge in [0, 0.05) is 17.7 Å². The van der Waals surface area contributed by atoms with Crippen LogP contribution in [0.2, 0.25) is 0 Å². The standard InChI is InChI=1S/C21H19F3N6O/c1-20(2)7-14-17(15(31)8-20)16(11-5-3-4-6-13(11)21(22,23)24)12(9-25)18(26)30(14)19-27-10-28-29-19/h3-6,10,16H,7-8,26H2,1-2H3,(H,27,28,29). The molecule has 3 N–H and O–H groups in total. The first-order valence-electron chi connectivity index (χ1n) is 9.53. The Morgan fingerprint density at radius 2 is 2.00 bits per heavy atom. The number of alkyl halides is 3. The van der Waals surface area contributed by atoms with Crippen LogP contribution < -0.4 is 10.6 Å². The van der Waals surface area contributed by atoms with Crippen molar-refractivity contribution in [2.75, 3.05) is 4.90 Å². The second-order valence-electron chi connectivity index (χ2n) is 8.37. The fraction of sp³-hybridized carbons (Fsp3) is 0.333. The van der Waals surface area contributed by atoms with Gasteiger partial charge in [-0.3, -0.25) is 9.69 Å². The highest BCUT2D eigenvalue weighted by molar-refractivity contribution is 6.01. The predicted octanol–water partition coefficient (Wildman–Crippen LogP) is 3.76. The van der Waals surface area contributed by atoms with Crippen LogP contribution >= 0.6 is 0 Å². The summed E-state index contributed by atoms with van der Waals surface area (Å²) >= 11 is 0. The number of rotatable bonds is 2. The van der Waals surface area contributed by atoms with Crippen molar-refractivity contribution in [1.82, 2.24) is 15.2 Å². The minimum atomic E-state index is -4.66. The molecule has 1 atom stereocenters. The lowest BCUT2D eigenvalue weighted by Gasteiger charge is -2.42. The first-order chi connectivity index (χ1) is 14.5. The Bertz CT molecular complexity index is 1150. The van der Waals surface area contributed by atoms with Crippen LogP contribution in [-0.4, -0.2) is 21.0 Å². The summed E-state index contributed by atoms with van der Waals surface area (Å²) in [6, 6.07) is 6.91. The van der Waals surface area contributed by atoms with Crippen LogP contribution in [0.3, 0.4) is 0 Å². The Balaban J connectivity index is 2.04. The van der Waals surface area contributed by atoms with E-state index in [0.717, 1.165) is 6.07 Å². The second-order valence-corrected chi connectivity index (χ2v) is 8.37. The highest BCUT2D eigenvalue weighted by atomic mass is 19.4. The van der Waals surface area contributed by atoms with E-state index in [-0.39, 0.29) is 40.7 Å². The van der Waals surface area contributed by atoms with Gasteiger partial charge in [0.05, 0.1) is 23.1 Å². The summed E-state index contributed by atoms with van der Waals surface area (Å²) in [5, 5.41) is 16.4. The Labute approximate surface area is 176 Å². The smallest absolute Gasteiger partial charge is 0.384 e. The molecule has 10 heteroatoms. The summed E-state index contributed by atoms with van der Waals surface area (Å²) in [5.41, 5.74) is 5.22. The molecular formula is C21H19F3N6O. The average molecular weight is 428 g/mol. The first-order valence-corrected chi connectivity index (χ1v) is 9.53. The summed E-state index contributed by atoms with van der Waals surface area (Å²) < 4.78 is 41.4. The third-order valence-corrected chi connectivity index (χ3v) is 5.57. The van der Waals surface area contributed by atoms with Gasteiger partial charge in [-0.25, -0.2) is 5.10 Å². The maximum Gasteiger partial charge on any atom is 0.416 e. The van der Waals surface area contributed by atoms with E-state index in [2.05, 4.69) is 15.2 Å². The number of nitrogens with one attached hydrogen (secondary N) is 1. The van der Waals surface area contributed by atoms with Crippen LogP contribution in [0.15, 0.2) is 53.3 Å². The van der Waals surface area contributed by atoms with E-state index in [4.69, 9.17) is 5.73 Å². The van der Waals surface area contributed by atoms with Crippen LogP contribution in [0.4, 0.5) is 19.1 Å². The highest BCUT2D eigenvalue weighted by Gasteiger charge is 2.47. The molecule has 1 aliphatic carbocycles. The van der Waals surface area contributed by atoms with Crippen molar-refractivity contribution in [2.24, 2.45) is 11.1 Å². The van der Waals surface area contributed by atoms with Crippen molar-refractivity contribution in [2.45, 2.75) is 38.8 Å². The molecule has 0 saturated carbocycles. The van der Waals surface area contributed by atoms with Crippen molar-refractivity contribution in [1.29, 1.82) is 5.26 Å². The van der Waals surface area contributed by atoms with E-state index < -0.39 is 23.1 Å². The maximum atomic E-state index is 13.8. The van der Waals surface area contributed by atoms with E-state index in [1.165, 1.54) is 29.4 Å². The van der Waals surface area contributed by atoms with Gasteiger partial charge in [0.15, 0.2) is 5.78 Å². The molecule has 0 amide bonds. The molecule has 0 radical (unpaired) electrons. The van der Waals surface area contributed by atoms with Crippen LogP contribution in [0.25, 0.3) is 0 Å². The second kappa shape index (κ2) is 6.97. The van der Waals surface area contributed by atoms with Crippen molar-refractivity contribution in [3.8, 4) is 6.07 Å². The summed E-state index contributed by atoms with van der Waals surface area (Å²) in [6.45, 7) is 3.79. The number of nitriles is 1. The lowest BCUT2D eigenvalue weighted by molar-refractivity contribution is -0.138. The number of allylic oxidation sites excluding steroid dienone is 3. The Morgan fingerprint density at radius 3 is 2.61 bits per heavy atom. The molecular weight excluding hydrogens is 409 g/mol. The van der Waals surface area contributed by atoms with Gasteiger partial charge in [-0.2, -0.15) is 28.5 Å². The maximum absolute atomic E-state index is 13.8. The number of hydrogen-bond acceptors (Lipinski definition) is 6. The molecule has 0 bridgehead atoms. The number of anilines is 1. The molecule has 4 rings (SSSR count). The number of benzene rings is 1. The van der Waals surface area contributed by atoms with Gasteiger partial charge in [0.25, 0.3) is 0 Å². The van der Waals surface area contributed by atoms with Gasteiger partial charge >= 0.3 is 6.18 Å².